The molecule has 4 heterocycles. The molecule has 0 saturated carbocycles. The third-order valence-electron chi connectivity index (χ3n) is 8.23. The van der Waals surface area contributed by atoms with Crippen LogP contribution in [0, 0.1) is 5.92 Å². The second-order valence-electron chi connectivity index (χ2n) is 10.9. The van der Waals surface area contributed by atoms with Crippen LogP contribution in [-0.2, 0) is 22.6 Å². The van der Waals surface area contributed by atoms with Gasteiger partial charge >= 0.3 is 6.18 Å². The van der Waals surface area contributed by atoms with Crippen LogP contribution in [0.4, 0.5) is 13.2 Å². The number of alkyl halides is 3. The third kappa shape index (κ3) is 5.49. The number of hydrogen-bond acceptors (Lipinski definition) is 4. The highest BCUT2D eigenvalue weighted by Gasteiger charge is 2.39. The van der Waals surface area contributed by atoms with Crippen molar-refractivity contribution < 1.29 is 22.8 Å². The van der Waals surface area contributed by atoms with Crippen molar-refractivity contribution in [2.75, 3.05) is 19.6 Å². The zero-order chi connectivity index (χ0) is 28.9. The number of aromatic nitrogens is 3. The van der Waals surface area contributed by atoms with Crippen LogP contribution in [0.3, 0.4) is 0 Å². The molecule has 41 heavy (non-hydrogen) atoms. The number of nitrogens with one attached hydrogen (secondary N) is 2. The number of benzene rings is 2. The number of para-hydroxylation sites is 1. The summed E-state index contributed by atoms with van der Waals surface area (Å²) in [4.78, 5) is 45.0. The average molecular weight is 630 g/mol. The molecular formula is C29H27BrF3N5O3. The maximum Gasteiger partial charge on any atom is 0.406 e. The first kappa shape index (κ1) is 27.5. The van der Waals surface area contributed by atoms with E-state index in [1.165, 1.54) is 0 Å². The topological polar surface area (TPSA) is 102 Å². The van der Waals surface area contributed by atoms with Crippen molar-refractivity contribution in [1.82, 2.24) is 25.0 Å². The summed E-state index contributed by atoms with van der Waals surface area (Å²) in [7, 11) is 0. The second kappa shape index (κ2) is 10.6. The van der Waals surface area contributed by atoms with Gasteiger partial charge in [0.1, 0.15) is 6.54 Å². The van der Waals surface area contributed by atoms with E-state index in [1.807, 2.05) is 30.3 Å². The van der Waals surface area contributed by atoms with Crippen molar-refractivity contribution in [1.29, 1.82) is 0 Å². The summed E-state index contributed by atoms with van der Waals surface area (Å²) < 4.78 is 41.2. The molecule has 2 aromatic carbocycles. The first-order valence-electron chi connectivity index (χ1n) is 13.5. The Bertz CT molecular complexity index is 1710. The average Bonchev–Trinajstić information content (AvgIpc) is 3.39. The quantitative estimate of drug-likeness (QED) is 0.331. The molecule has 2 aromatic heterocycles. The fourth-order valence-corrected chi connectivity index (χ4v) is 6.77. The molecule has 0 aliphatic carbocycles. The summed E-state index contributed by atoms with van der Waals surface area (Å²) >= 11 is 3.49. The zero-order valence-electron chi connectivity index (χ0n) is 21.9. The number of halogens is 4. The molecule has 12 heteroatoms. The van der Waals surface area contributed by atoms with Gasteiger partial charge in [-0.3, -0.25) is 19.5 Å². The van der Waals surface area contributed by atoms with E-state index >= 15 is 0 Å². The first-order chi connectivity index (χ1) is 19.6. The number of nitrogens with zero attached hydrogens (tertiary/aromatic N) is 3. The lowest BCUT2D eigenvalue weighted by atomic mass is 9.88. The van der Waals surface area contributed by atoms with Gasteiger partial charge in [0.25, 0.3) is 5.56 Å². The van der Waals surface area contributed by atoms with Crippen LogP contribution in [-0.4, -0.2) is 62.6 Å². The van der Waals surface area contributed by atoms with E-state index < -0.39 is 24.5 Å². The van der Waals surface area contributed by atoms with E-state index in [9.17, 15) is 27.6 Å². The largest absolute Gasteiger partial charge is 0.406 e. The standard InChI is InChI=1S/C29H27BrF3N5O3/c30-23-11-18-9-19(28(41)38(15-29(31,32)33)14-22(18)21-13-34-36-26(21)23)12-25(39)37-7-5-16(6-8-37)20-10-17-3-1-2-4-24(17)35-27(20)40/h1-4,10-11,13,16,19H,5-9,12,14-15H2,(H,34,36)(H,35,40). The van der Waals surface area contributed by atoms with Crippen LogP contribution >= 0.6 is 15.9 Å². The third-order valence-corrected chi connectivity index (χ3v) is 8.85. The monoisotopic (exact) mass is 629 g/mol. The summed E-state index contributed by atoms with van der Waals surface area (Å²) in [5, 5.41) is 8.46. The van der Waals surface area contributed by atoms with E-state index in [0.717, 1.165) is 21.4 Å². The number of carbonyl (C=O) groups is 2. The molecule has 0 spiro atoms. The lowest BCUT2D eigenvalue weighted by Gasteiger charge is -2.33. The molecule has 1 saturated heterocycles. The molecule has 2 N–H and O–H groups in total. The number of fused-ring (bicyclic) bond motifs is 4. The first-order valence-corrected chi connectivity index (χ1v) is 14.3. The Morgan fingerprint density at radius 2 is 1.88 bits per heavy atom. The lowest BCUT2D eigenvalue weighted by molar-refractivity contribution is -0.165. The molecule has 2 amide bonds. The van der Waals surface area contributed by atoms with Crippen molar-refractivity contribution >= 4 is 49.6 Å². The van der Waals surface area contributed by atoms with Crippen LogP contribution in [0.1, 0.15) is 41.9 Å². The van der Waals surface area contributed by atoms with Crippen LogP contribution in [0.2, 0.25) is 0 Å². The van der Waals surface area contributed by atoms with E-state index in [0.29, 0.717) is 52.4 Å². The molecule has 6 rings (SSSR count). The van der Waals surface area contributed by atoms with Crippen LogP contribution < -0.4 is 5.56 Å². The van der Waals surface area contributed by atoms with E-state index in [-0.39, 0.29) is 36.8 Å². The van der Waals surface area contributed by atoms with Gasteiger partial charge in [0.05, 0.1) is 17.6 Å². The van der Waals surface area contributed by atoms with Crippen molar-refractivity contribution in [3.8, 4) is 0 Å². The molecule has 2 aliphatic heterocycles. The molecule has 8 nitrogen and oxygen atoms in total. The molecule has 1 unspecified atom stereocenters. The minimum atomic E-state index is -4.58. The molecule has 1 atom stereocenters. The summed E-state index contributed by atoms with van der Waals surface area (Å²) in [6.07, 6.45) is -1.90. The van der Waals surface area contributed by atoms with E-state index in [1.54, 1.807) is 17.2 Å². The minimum Gasteiger partial charge on any atom is -0.343 e. The molecule has 1 fully saturated rings. The number of amides is 2. The van der Waals surface area contributed by atoms with Gasteiger partial charge in [-0.15, -0.1) is 0 Å². The molecule has 0 radical (unpaired) electrons. The van der Waals surface area contributed by atoms with Crippen molar-refractivity contribution in [2.24, 2.45) is 5.92 Å². The van der Waals surface area contributed by atoms with Crippen LogP contribution in [0.15, 0.2) is 51.9 Å². The van der Waals surface area contributed by atoms with Gasteiger partial charge in [-0.2, -0.15) is 18.3 Å². The Labute approximate surface area is 241 Å². The van der Waals surface area contributed by atoms with Gasteiger partial charge in [-0.25, -0.2) is 0 Å². The van der Waals surface area contributed by atoms with Gasteiger partial charge in [-0.1, -0.05) is 18.2 Å². The van der Waals surface area contributed by atoms with Crippen molar-refractivity contribution in [2.45, 2.75) is 44.3 Å². The SMILES string of the molecule is O=C(CC1Cc2cc(Br)c3[nH]ncc3c2CN(CC(F)(F)F)C1=O)N1CCC(c2cc3ccccc3[nH]c2=O)CC1. The van der Waals surface area contributed by atoms with Gasteiger partial charge in [-0.05, 0) is 75.8 Å². The summed E-state index contributed by atoms with van der Waals surface area (Å²) in [6, 6.07) is 11.3. The predicted molar refractivity (Wildman–Crippen MR) is 150 cm³/mol. The number of aromatic amines is 2. The zero-order valence-corrected chi connectivity index (χ0v) is 23.5. The van der Waals surface area contributed by atoms with Gasteiger partial charge in [0.2, 0.25) is 11.8 Å². The summed E-state index contributed by atoms with van der Waals surface area (Å²) in [6.45, 7) is -0.800. The summed E-state index contributed by atoms with van der Waals surface area (Å²) in [5.74, 6) is -1.90. The normalized spacial score (nSPS) is 18.6. The fraction of sp³-hybridized carbons (Fsp3) is 0.379. The Kier molecular flexibility index (Phi) is 7.13. The summed E-state index contributed by atoms with van der Waals surface area (Å²) in [5.41, 5.74) is 3.28. The minimum absolute atomic E-state index is 0.0178. The number of rotatable bonds is 4. The molecule has 214 valence electrons. The fourth-order valence-electron chi connectivity index (χ4n) is 6.19. The van der Waals surface area contributed by atoms with Crippen molar-refractivity contribution in [3.05, 3.63) is 74.1 Å². The second-order valence-corrected chi connectivity index (χ2v) is 11.7. The number of likely N-dealkylation sites (tertiary alicyclic amines) is 1. The van der Waals surface area contributed by atoms with Gasteiger partial charge in [0, 0.05) is 47.0 Å². The number of pyridine rings is 1. The maximum atomic E-state index is 13.5. The Balaban J connectivity index is 1.20. The Hall–Kier alpha value is -3.67. The van der Waals surface area contributed by atoms with Gasteiger partial charge < -0.3 is 14.8 Å². The highest BCUT2D eigenvalue weighted by Crippen LogP contribution is 2.36. The lowest BCUT2D eigenvalue weighted by Crippen LogP contribution is -2.44. The highest BCUT2D eigenvalue weighted by molar-refractivity contribution is 9.10. The Morgan fingerprint density at radius 3 is 2.63 bits per heavy atom. The van der Waals surface area contributed by atoms with Gasteiger partial charge in [0.15, 0.2) is 0 Å². The molecule has 2 aliphatic rings. The highest BCUT2D eigenvalue weighted by atomic mass is 79.9. The van der Waals surface area contributed by atoms with Crippen LogP contribution in [0.5, 0.6) is 0 Å². The molecular weight excluding hydrogens is 603 g/mol. The number of hydrogen-bond donors (Lipinski definition) is 2. The number of carbonyl (C=O) groups excluding carboxylic acids is 2. The van der Waals surface area contributed by atoms with E-state index in [2.05, 4.69) is 31.1 Å². The maximum absolute atomic E-state index is 13.5. The van der Waals surface area contributed by atoms with Crippen molar-refractivity contribution in [3.63, 3.8) is 0 Å². The molecule has 4 aromatic rings. The Morgan fingerprint density at radius 1 is 1.12 bits per heavy atom. The number of piperidine rings is 1. The number of H-pyrrole nitrogens is 2. The predicted octanol–water partition coefficient (Wildman–Crippen LogP) is 5.03. The van der Waals surface area contributed by atoms with Crippen LogP contribution in [0.25, 0.3) is 21.8 Å². The molecule has 0 bridgehead atoms. The van der Waals surface area contributed by atoms with E-state index in [4.69, 9.17) is 0 Å². The smallest absolute Gasteiger partial charge is 0.343 e.